The molecular weight excluding hydrogens is 310 g/mol. The lowest BCUT2D eigenvalue weighted by atomic mass is 10.1. The first-order valence-corrected chi connectivity index (χ1v) is 8.75. The van der Waals surface area contributed by atoms with Crippen LogP contribution in [0.25, 0.3) is 0 Å². The van der Waals surface area contributed by atoms with Gasteiger partial charge in [-0.1, -0.05) is 6.92 Å². The maximum absolute atomic E-state index is 4.48. The molecule has 18 heavy (non-hydrogen) atoms. The maximum Gasteiger partial charge on any atom is 0.0699 e. The zero-order valence-corrected chi connectivity index (χ0v) is 14.1. The lowest BCUT2D eigenvalue weighted by Gasteiger charge is -2.22. The Bertz CT molecular complexity index is 344. The van der Waals surface area contributed by atoms with Gasteiger partial charge in [0, 0.05) is 6.04 Å². The number of aromatic nitrogens is 2. The topological polar surface area (TPSA) is 29.9 Å². The van der Waals surface area contributed by atoms with Crippen LogP contribution in [0.15, 0.2) is 10.7 Å². The molecule has 5 heteroatoms. The summed E-state index contributed by atoms with van der Waals surface area (Å²) in [7, 11) is 0. The SMILES string of the molecule is CCCNC(CCSC)c1c(Br)cnn1C(C)C. The van der Waals surface area contributed by atoms with Gasteiger partial charge in [-0.05, 0) is 61.2 Å². The summed E-state index contributed by atoms with van der Waals surface area (Å²) in [5.41, 5.74) is 1.28. The van der Waals surface area contributed by atoms with Crippen LogP contribution in [-0.4, -0.2) is 28.3 Å². The summed E-state index contributed by atoms with van der Waals surface area (Å²) in [6.07, 6.45) is 6.36. The van der Waals surface area contributed by atoms with E-state index in [9.17, 15) is 0 Å². The first-order valence-electron chi connectivity index (χ1n) is 6.57. The zero-order valence-electron chi connectivity index (χ0n) is 11.7. The highest BCUT2D eigenvalue weighted by Gasteiger charge is 2.20. The molecule has 0 bridgehead atoms. The lowest BCUT2D eigenvalue weighted by molar-refractivity contribution is 0.437. The summed E-state index contributed by atoms with van der Waals surface area (Å²) < 4.78 is 3.24. The Balaban J connectivity index is 2.91. The molecule has 1 heterocycles. The van der Waals surface area contributed by atoms with E-state index in [1.54, 1.807) is 0 Å². The van der Waals surface area contributed by atoms with Crippen LogP contribution in [0.1, 0.15) is 51.4 Å². The van der Waals surface area contributed by atoms with Gasteiger partial charge in [-0.15, -0.1) is 0 Å². The van der Waals surface area contributed by atoms with Crippen molar-refractivity contribution in [1.29, 1.82) is 0 Å². The summed E-state index contributed by atoms with van der Waals surface area (Å²) in [4.78, 5) is 0. The number of rotatable bonds is 8. The van der Waals surface area contributed by atoms with E-state index in [4.69, 9.17) is 0 Å². The summed E-state index contributed by atoms with van der Waals surface area (Å²) in [5, 5.41) is 8.11. The number of thioether (sulfide) groups is 1. The molecule has 0 spiro atoms. The van der Waals surface area contributed by atoms with Gasteiger partial charge in [0.15, 0.2) is 0 Å². The first kappa shape index (κ1) is 16.1. The van der Waals surface area contributed by atoms with Crippen LogP contribution in [0.5, 0.6) is 0 Å². The third-order valence-electron chi connectivity index (χ3n) is 2.86. The highest BCUT2D eigenvalue weighted by molar-refractivity contribution is 9.10. The third-order valence-corrected chi connectivity index (χ3v) is 4.11. The van der Waals surface area contributed by atoms with E-state index in [0.29, 0.717) is 12.1 Å². The molecule has 3 nitrogen and oxygen atoms in total. The Kier molecular flexibility index (Phi) is 7.34. The second-order valence-corrected chi connectivity index (χ2v) is 6.54. The van der Waals surface area contributed by atoms with E-state index in [-0.39, 0.29) is 0 Å². The van der Waals surface area contributed by atoms with Crippen LogP contribution >= 0.6 is 27.7 Å². The summed E-state index contributed by atoms with van der Waals surface area (Å²) >= 11 is 5.54. The number of halogens is 1. The maximum atomic E-state index is 4.48. The van der Waals surface area contributed by atoms with Crippen molar-refractivity contribution in [3.8, 4) is 0 Å². The smallest absolute Gasteiger partial charge is 0.0699 e. The number of nitrogens with zero attached hydrogens (tertiary/aromatic N) is 2. The number of hydrogen-bond acceptors (Lipinski definition) is 3. The Hall–Kier alpha value is 0. The van der Waals surface area contributed by atoms with Gasteiger partial charge in [0.25, 0.3) is 0 Å². The molecule has 0 aromatic carbocycles. The van der Waals surface area contributed by atoms with Crippen LogP contribution in [0, 0.1) is 0 Å². The second kappa shape index (κ2) is 8.23. The van der Waals surface area contributed by atoms with Crippen LogP contribution in [0.2, 0.25) is 0 Å². The molecule has 1 aromatic heterocycles. The molecule has 0 radical (unpaired) electrons. The molecule has 0 saturated carbocycles. The van der Waals surface area contributed by atoms with Crippen LogP contribution in [0.3, 0.4) is 0 Å². The second-order valence-electron chi connectivity index (χ2n) is 4.70. The largest absolute Gasteiger partial charge is 0.309 e. The molecule has 1 N–H and O–H groups in total. The fourth-order valence-corrected chi connectivity index (χ4v) is 3.00. The highest BCUT2D eigenvalue weighted by Crippen LogP contribution is 2.28. The molecule has 104 valence electrons. The quantitative estimate of drug-likeness (QED) is 0.779. The molecule has 1 rings (SSSR count). The van der Waals surface area contributed by atoms with Crippen molar-refractivity contribution < 1.29 is 0 Å². The molecule has 0 saturated heterocycles. The van der Waals surface area contributed by atoms with Gasteiger partial charge in [-0.25, -0.2) is 0 Å². The van der Waals surface area contributed by atoms with Crippen molar-refractivity contribution in [2.75, 3.05) is 18.6 Å². The molecular formula is C13H24BrN3S. The van der Waals surface area contributed by atoms with E-state index < -0.39 is 0 Å². The molecule has 0 aliphatic heterocycles. The Morgan fingerprint density at radius 3 is 2.78 bits per heavy atom. The van der Waals surface area contributed by atoms with Crippen molar-refractivity contribution in [2.45, 2.75) is 45.7 Å². The number of hydrogen-bond donors (Lipinski definition) is 1. The van der Waals surface area contributed by atoms with E-state index in [0.717, 1.165) is 29.6 Å². The van der Waals surface area contributed by atoms with Gasteiger partial charge in [0.05, 0.1) is 22.4 Å². The lowest BCUT2D eigenvalue weighted by Crippen LogP contribution is -2.26. The summed E-state index contributed by atoms with van der Waals surface area (Å²) in [5.74, 6) is 1.16. The van der Waals surface area contributed by atoms with Gasteiger partial charge in [0.1, 0.15) is 0 Å². The molecule has 0 amide bonds. The van der Waals surface area contributed by atoms with Gasteiger partial charge < -0.3 is 5.32 Å². The normalized spacial score (nSPS) is 13.2. The van der Waals surface area contributed by atoms with Gasteiger partial charge in [-0.3, -0.25) is 4.68 Å². The fourth-order valence-electron chi connectivity index (χ4n) is 1.98. The summed E-state index contributed by atoms with van der Waals surface area (Å²) in [6.45, 7) is 7.60. The average Bonchev–Trinajstić information content (AvgIpc) is 2.72. The van der Waals surface area contributed by atoms with E-state index in [2.05, 4.69) is 58.1 Å². The molecule has 0 aliphatic carbocycles. The molecule has 1 aromatic rings. The molecule has 1 atom stereocenters. The first-order chi connectivity index (χ1) is 8.61. The standard InChI is InChI=1S/C13H24BrN3S/c1-5-7-15-12(6-8-18-4)13-11(14)9-16-17(13)10(2)3/h9-10,12,15H,5-8H2,1-4H3. The highest BCUT2D eigenvalue weighted by atomic mass is 79.9. The van der Waals surface area contributed by atoms with Crippen LogP contribution < -0.4 is 5.32 Å². The van der Waals surface area contributed by atoms with E-state index in [1.165, 1.54) is 5.69 Å². The molecule has 0 fully saturated rings. The van der Waals surface area contributed by atoms with Crippen molar-refractivity contribution in [1.82, 2.24) is 15.1 Å². The van der Waals surface area contributed by atoms with Gasteiger partial charge in [-0.2, -0.15) is 16.9 Å². The minimum atomic E-state index is 0.386. The minimum absolute atomic E-state index is 0.386. The number of nitrogens with one attached hydrogen (secondary N) is 1. The van der Waals surface area contributed by atoms with E-state index >= 15 is 0 Å². The Morgan fingerprint density at radius 1 is 1.50 bits per heavy atom. The van der Waals surface area contributed by atoms with Crippen LogP contribution in [-0.2, 0) is 0 Å². The van der Waals surface area contributed by atoms with Crippen LogP contribution in [0.4, 0.5) is 0 Å². The van der Waals surface area contributed by atoms with Crippen molar-refractivity contribution in [3.05, 3.63) is 16.4 Å². The average molecular weight is 334 g/mol. The Morgan fingerprint density at radius 2 is 2.22 bits per heavy atom. The predicted octanol–water partition coefficient (Wildman–Crippen LogP) is 4.02. The summed E-state index contributed by atoms with van der Waals surface area (Å²) in [6, 6.07) is 0.781. The monoisotopic (exact) mass is 333 g/mol. The van der Waals surface area contributed by atoms with Crippen molar-refractivity contribution in [2.24, 2.45) is 0 Å². The molecule has 0 aliphatic rings. The zero-order chi connectivity index (χ0) is 13.5. The van der Waals surface area contributed by atoms with E-state index in [1.807, 2.05) is 18.0 Å². The van der Waals surface area contributed by atoms with Gasteiger partial charge >= 0.3 is 0 Å². The molecule has 1 unspecified atom stereocenters. The minimum Gasteiger partial charge on any atom is -0.309 e. The van der Waals surface area contributed by atoms with Gasteiger partial charge in [0.2, 0.25) is 0 Å². The third kappa shape index (κ3) is 4.28. The fraction of sp³-hybridized carbons (Fsp3) is 0.769. The Labute approximate surface area is 123 Å². The van der Waals surface area contributed by atoms with Crippen molar-refractivity contribution in [3.63, 3.8) is 0 Å². The van der Waals surface area contributed by atoms with Crippen molar-refractivity contribution >= 4 is 27.7 Å². The predicted molar refractivity (Wildman–Crippen MR) is 84.3 cm³/mol.